The third-order valence-corrected chi connectivity index (χ3v) is 12.6. The highest BCUT2D eigenvalue weighted by atomic mass is 32.1. The molecule has 1 saturated heterocycles. The maximum Gasteiger partial charge on any atom is 0.194 e. The van der Waals surface area contributed by atoms with Crippen LogP contribution >= 0.6 is 11.3 Å². The molecule has 1 aromatic heterocycles. The summed E-state index contributed by atoms with van der Waals surface area (Å²) in [6.45, 7) is 2.33. The lowest BCUT2D eigenvalue weighted by atomic mass is 9.44. The molecule has 2 aromatic rings. The van der Waals surface area contributed by atoms with Gasteiger partial charge in [0.2, 0.25) is 0 Å². The molecule has 3 saturated carbocycles. The summed E-state index contributed by atoms with van der Waals surface area (Å²) in [7, 11) is 0. The van der Waals surface area contributed by atoms with E-state index < -0.39 is 76.8 Å². The highest BCUT2D eigenvalue weighted by molar-refractivity contribution is 7.12. The van der Waals surface area contributed by atoms with E-state index >= 15 is 8.78 Å². The van der Waals surface area contributed by atoms with Gasteiger partial charge in [0.1, 0.15) is 12.8 Å². The molecule has 10 atom stereocenters. The zero-order chi connectivity index (χ0) is 32.1. The molecule has 11 heteroatoms. The molecule has 8 nitrogen and oxygen atoms in total. The number of fused-ring (bicyclic) bond motifs is 7. The molecule has 0 radical (unpaired) electrons. The fourth-order valence-corrected chi connectivity index (χ4v) is 10.5. The van der Waals surface area contributed by atoms with E-state index in [-0.39, 0.29) is 31.4 Å². The molecule has 5 aliphatic rings. The number of halogens is 2. The van der Waals surface area contributed by atoms with Crippen molar-refractivity contribution in [3.05, 3.63) is 75.0 Å². The fourth-order valence-electron chi connectivity index (χ4n) is 9.50. The largest absolute Gasteiger partial charge is 0.399 e. The summed E-state index contributed by atoms with van der Waals surface area (Å²) < 4.78 is 46.4. The molecular weight excluding hydrogens is 604 g/mol. The number of ketones is 2. The highest BCUT2D eigenvalue weighted by Gasteiger charge is 2.80. The van der Waals surface area contributed by atoms with Crippen LogP contribution in [0.25, 0.3) is 0 Å². The first kappa shape index (κ1) is 30.8. The smallest absolute Gasteiger partial charge is 0.194 e. The first-order valence-electron chi connectivity index (χ1n) is 15.3. The third kappa shape index (κ3) is 4.10. The van der Waals surface area contributed by atoms with Crippen LogP contribution in [0.3, 0.4) is 0 Å². The van der Waals surface area contributed by atoms with E-state index in [1.807, 2.05) is 24.3 Å². The van der Waals surface area contributed by atoms with E-state index in [1.54, 1.807) is 13.0 Å². The van der Waals surface area contributed by atoms with Gasteiger partial charge in [0.05, 0.1) is 23.7 Å². The SMILES string of the molecule is C[C@]12C=CC(=O)C=C1[C@@H](F)C[C@H]1[C@@H]3C[C@H]4O[C@@H](c5ccc(Cc6cc(N)cc(CO)c6)s5)O[C@@]4(C(=O)CO)[C@@]3(C)C[C@H](O)[C@@]12F. The summed E-state index contributed by atoms with van der Waals surface area (Å²) >= 11 is 1.43. The average Bonchev–Trinajstić information content (AvgIpc) is 3.68. The number of aliphatic hydroxyl groups excluding tert-OH is 3. The van der Waals surface area contributed by atoms with Gasteiger partial charge in [-0.2, -0.15) is 0 Å². The molecule has 2 heterocycles. The topological polar surface area (TPSA) is 139 Å². The third-order valence-electron chi connectivity index (χ3n) is 11.5. The van der Waals surface area contributed by atoms with E-state index in [2.05, 4.69) is 0 Å². The predicted molar refractivity (Wildman–Crippen MR) is 161 cm³/mol. The normalized spacial score (nSPS) is 41.7. The van der Waals surface area contributed by atoms with Crippen LogP contribution in [0.15, 0.2) is 54.1 Å². The number of allylic oxidation sites excluding steroid dienone is 4. The predicted octanol–water partition coefficient (Wildman–Crippen LogP) is 4.06. The first-order chi connectivity index (χ1) is 21.3. The maximum atomic E-state index is 17.6. The van der Waals surface area contributed by atoms with Crippen molar-refractivity contribution in [3.63, 3.8) is 0 Å². The Morgan fingerprint density at radius 1 is 1.13 bits per heavy atom. The molecule has 1 aliphatic heterocycles. The Balaban J connectivity index is 1.21. The Labute approximate surface area is 263 Å². The van der Waals surface area contributed by atoms with Crippen molar-refractivity contribution >= 4 is 28.6 Å². The van der Waals surface area contributed by atoms with Crippen molar-refractivity contribution in [1.29, 1.82) is 0 Å². The van der Waals surface area contributed by atoms with Crippen LogP contribution < -0.4 is 5.73 Å². The Hall–Kier alpha value is -2.80. The lowest BCUT2D eigenvalue weighted by molar-refractivity contribution is -0.234. The molecule has 45 heavy (non-hydrogen) atoms. The number of aliphatic hydroxyl groups is 3. The Kier molecular flexibility index (Phi) is 7.09. The second-order valence-electron chi connectivity index (χ2n) is 13.7. The molecule has 4 aliphatic carbocycles. The number of thiophene rings is 1. The number of rotatable bonds is 6. The summed E-state index contributed by atoms with van der Waals surface area (Å²) in [6, 6.07) is 9.21. The van der Waals surface area contributed by atoms with Crippen LogP contribution in [0.1, 0.15) is 60.3 Å². The Morgan fingerprint density at radius 3 is 2.62 bits per heavy atom. The van der Waals surface area contributed by atoms with E-state index in [9.17, 15) is 24.9 Å². The van der Waals surface area contributed by atoms with E-state index in [1.165, 1.54) is 30.4 Å². The van der Waals surface area contributed by atoms with Gasteiger partial charge in [0.25, 0.3) is 0 Å². The Bertz CT molecular complexity index is 1640. The van der Waals surface area contributed by atoms with Crippen LogP contribution in [-0.2, 0) is 32.1 Å². The standard InChI is InChI=1S/C34H37F2NO7S/c1-31-6-5-20(40)11-24(31)25(35)12-23-22-13-29-34(28(42)16-39,32(22,2)14-27(41)33(23,31)36)44-30(43-29)26-4-3-21(45-26)10-17-7-18(15-38)9-19(37)8-17/h3-9,11,22-23,25,27,29-30,38-39,41H,10,12-16,37H2,1-2H3/t22-,23-,25-,27-,29+,30+,31-,32-,33-,34+/m0/s1. The maximum absolute atomic E-state index is 17.6. The highest BCUT2D eigenvalue weighted by Crippen LogP contribution is 2.72. The van der Waals surface area contributed by atoms with Crippen molar-refractivity contribution in [2.24, 2.45) is 22.7 Å². The number of alkyl halides is 2. The van der Waals surface area contributed by atoms with Crippen molar-refractivity contribution in [1.82, 2.24) is 0 Å². The molecule has 0 spiro atoms. The van der Waals surface area contributed by atoms with E-state index in [0.29, 0.717) is 22.5 Å². The van der Waals surface area contributed by atoms with Gasteiger partial charge in [-0.15, -0.1) is 11.3 Å². The second kappa shape index (κ2) is 10.4. The molecule has 1 aromatic carbocycles. The minimum absolute atomic E-state index is 0.0302. The first-order valence-corrected chi connectivity index (χ1v) is 16.1. The van der Waals surface area contributed by atoms with Crippen molar-refractivity contribution in [2.45, 2.75) is 82.1 Å². The number of Topliss-reactive ketones (excluding diaryl/α,β-unsaturated/α-hetero) is 1. The minimum Gasteiger partial charge on any atom is -0.399 e. The average molecular weight is 642 g/mol. The molecular formula is C34H37F2NO7S. The minimum atomic E-state index is -2.30. The molecule has 240 valence electrons. The zero-order valence-corrected chi connectivity index (χ0v) is 25.9. The van der Waals surface area contributed by atoms with Crippen LogP contribution in [0, 0.1) is 22.7 Å². The van der Waals surface area contributed by atoms with Gasteiger partial charge < -0.3 is 30.5 Å². The quantitative estimate of drug-likeness (QED) is 0.347. The lowest BCUT2D eigenvalue weighted by Gasteiger charge is -2.63. The summed E-state index contributed by atoms with van der Waals surface area (Å²) in [6.07, 6.45) is -0.968. The molecule has 4 fully saturated rings. The number of hydrogen-bond acceptors (Lipinski definition) is 9. The van der Waals surface area contributed by atoms with Gasteiger partial charge in [0, 0.05) is 33.7 Å². The van der Waals surface area contributed by atoms with Gasteiger partial charge in [-0.25, -0.2) is 8.78 Å². The summed E-state index contributed by atoms with van der Waals surface area (Å²) in [5.41, 5.74) is 1.50. The fraction of sp³-hybridized carbons (Fsp3) is 0.529. The number of nitrogen functional groups attached to an aromatic ring is 1. The number of ether oxygens (including phenoxy) is 2. The summed E-state index contributed by atoms with van der Waals surface area (Å²) in [4.78, 5) is 27.5. The molecule has 0 amide bonds. The van der Waals surface area contributed by atoms with Gasteiger partial charge in [-0.3, -0.25) is 9.59 Å². The van der Waals surface area contributed by atoms with Gasteiger partial charge in [0.15, 0.2) is 29.1 Å². The van der Waals surface area contributed by atoms with Crippen LogP contribution in [0.2, 0.25) is 0 Å². The second-order valence-corrected chi connectivity index (χ2v) is 14.9. The van der Waals surface area contributed by atoms with Crippen molar-refractivity contribution < 1.29 is 43.2 Å². The van der Waals surface area contributed by atoms with Crippen LogP contribution in [0.5, 0.6) is 0 Å². The molecule has 7 rings (SSSR count). The summed E-state index contributed by atoms with van der Waals surface area (Å²) in [5, 5.41) is 31.4. The Morgan fingerprint density at radius 2 is 1.89 bits per heavy atom. The van der Waals surface area contributed by atoms with Crippen LogP contribution in [-0.4, -0.2) is 63.1 Å². The molecule has 5 N–H and O–H groups in total. The summed E-state index contributed by atoms with van der Waals surface area (Å²) in [5.74, 6) is -2.65. The monoisotopic (exact) mass is 641 g/mol. The van der Waals surface area contributed by atoms with Crippen molar-refractivity contribution in [2.75, 3.05) is 12.3 Å². The van der Waals surface area contributed by atoms with Gasteiger partial charge in [-0.1, -0.05) is 19.1 Å². The van der Waals surface area contributed by atoms with Gasteiger partial charge >= 0.3 is 0 Å². The van der Waals surface area contributed by atoms with Crippen molar-refractivity contribution in [3.8, 4) is 0 Å². The van der Waals surface area contributed by atoms with E-state index in [0.717, 1.165) is 16.5 Å². The van der Waals surface area contributed by atoms with Gasteiger partial charge in [-0.05, 0) is 85.2 Å². The number of hydrogen-bond donors (Lipinski definition) is 4. The number of carbonyl (C=O) groups excluding carboxylic acids is 2. The zero-order valence-electron chi connectivity index (χ0n) is 25.0. The van der Waals surface area contributed by atoms with E-state index in [4.69, 9.17) is 15.2 Å². The molecule has 0 bridgehead atoms. The van der Waals surface area contributed by atoms with Crippen LogP contribution in [0.4, 0.5) is 14.5 Å². The number of benzene rings is 1. The lowest BCUT2D eigenvalue weighted by Crippen LogP contribution is -2.70. The number of carbonyl (C=O) groups is 2. The molecule has 0 unspecified atom stereocenters. The number of anilines is 1. The number of nitrogens with two attached hydrogens (primary N) is 1.